The van der Waals surface area contributed by atoms with Crippen molar-refractivity contribution in [3.63, 3.8) is 0 Å². The van der Waals surface area contributed by atoms with Crippen LogP contribution in [0.25, 0.3) is 0 Å². The van der Waals surface area contributed by atoms with Crippen LogP contribution in [0.2, 0.25) is 0 Å². The molecular formula is C22H21F3N2O3. The van der Waals surface area contributed by atoms with E-state index in [1.807, 2.05) is 0 Å². The molecule has 1 aromatic rings. The molecule has 8 rings (SSSR count). The Labute approximate surface area is 171 Å². The first-order chi connectivity index (χ1) is 14.3. The van der Waals surface area contributed by atoms with Crippen molar-refractivity contribution in [2.24, 2.45) is 52.3 Å². The molecule has 1 aliphatic heterocycles. The predicted octanol–water partition coefficient (Wildman–Crippen LogP) is 2.86. The van der Waals surface area contributed by atoms with Crippen LogP contribution in [0, 0.1) is 52.3 Å². The topological polar surface area (TPSA) is 59.5 Å². The van der Waals surface area contributed by atoms with Gasteiger partial charge in [0, 0.05) is 19.3 Å². The Morgan fingerprint density at radius 1 is 1.07 bits per heavy atom. The van der Waals surface area contributed by atoms with E-state index in [2.05, 4.69) is 4.98 Å². The number of carbonyl (C=O) groups excluding carboxylic acids is 2. The van der Waals surface area contributed by atoms with E-state index < -0.39 is 11.9 Å². The second-order valence-electron chi connectivity index (χ2n) is 10.1. The Hall–Kier alpha value is -2.12. The number of likely N-dealkylation sites (tertiary alicyclic amines) is 1. The second kappa shape index (κ2) is 4.86. The number of rotatable bonds is 3. The zero-order chi connectivity index (χ0) is 20.8. The number of ether oxygens (including phenoxy) is 1. The Bertz CT molecular complexity index is 942. The summed E-state index contributed by atoms with van der Waals surface area (Å²) in [6.07, 6.45) is -1.58. The number of alkyl halides is 3. The molecule has 30 heavy (non-hydrogen) atoms. The SMILES string of the molecule is COC(=O)C12C3C4C1C1C2C3C41C1CCN(C(=O)c2ccc(C(F)(F)F)nc2)CC1. The number of esters is 1. The fraction of sp³-hybridized carbons (Fsp3) is 0.682. The lowest BCUT2D eigenvalue weighted by atomic mass is 8.91. The molecule has 5 nitrogen and oxygen atoms in total. The molecule has 0 atom stereocenters. The number of pyridine rings is 1. The van der Waals surface area contributed by atoms with Crippen LogP contribution in [-0.4, -0.2) is 42.0 Å². The summed E-state index contributed by atoms with van der Waals surface area (Å²) >= 11 is 0. The highest BCUT2D eigenvalue weighted by Crippen LogP contribution is 3.11. The molecule has 1 amide bonds. The number of halogens is 3. The summed E-state index contributed by atoms with van der Waals surface area (Å²) in [5, 5.41) is 0. The predicted molar refractivity (Wildman–Crippen MR) is 95.7 cm³/mol. The summed E-state index contributed by atoms with van der Waals surface area (Å²) in [5.74, 6) is 4.15. The number of methoxy groups -OCH3 is 1. The van der Waals surface area contributed by atoms with Gasteiger partial charge in [0.1, 0.15) is 5.69 Å². The van der Waals surface area contributed by atoms with Crippen LogP contribution in [0.15, 0.2) is 18.3 Å². The van der Waals surface area contributed by atoms with Gasteiger partial charge < -0.3 is 9.64 Å². The van der Waals surface area contributed by atoms with Gasteiger partial charge in [0.15, 0.2) is 0 Å². The number of piperidine rings is 1. The Morgan fingerprint density at radius 2 is 1.67 bits per heavy atom. The lowest BCUT2D eigenvalue weighted by Crippen LogP contribution is -3.11. The van der Waals surface area contributed by atoms with Crippen molar-refractivity contribution >= 4 is 11.9 Å². The third kappa shape index (κ3) is 1.43. The fourth-order valence-electron chi connectivity index (χ4n) is 9.47. The van der Waals surface area contributed by atoms with E-state index >= 15 is 0 Å². The van der Waals surface area contributed by atoms with Gasteiger partial charge in [-0.2, -0.15) is 13.2 Å². The number of aromatic nitrogens is 1. The van der Waals surface area contributed by atoms with Gasteiger partial charge in [-0.25, -0.2) is 0 Å². The first-order valence-corrected chi connectivity index (χ1v) is 10.7. The monoisotopic (exact) mass is 418 g/mol. The van der Waals surface area contributed by atoms with Crippen molar-refractivity contribution in [3.8, 4) is 0 Å². The quantitative estimate of drug-likeness (QED) is 0.709. The summed E-state index contributed by atoms with van der Waals surface area (Å²) in [6, 6.07) is 2.08. The van der Waals surface area contributed by atoms with Crippen LogP contribution in [0.5, 0.6) is 0 Å². The molecule has 0 N–H and O–H groups in total. The molecule has 7 fully saturated rings. The van der Waals surface area contributed by atoms with E-state index in [4.69, 9.17) is 4.74 Å². The minimum atomic E-state index is -4.50. The minimum Gasteiger partial charge on any atom is -0.469 e. The molecule has 0 spiro atoms. The third-order valence-corrected chi connectivity index (χ3v) is 10.0. The second-order valence-corrected chi connectivity index (χ2v) is 10.1. The minimum absolute atomic E-state index is 0.0186. The summed E-state index contributed by atoms with van der Waals surface area (Å²) < 4.78 is 43.1. The first kappa shape index (κ1) is 17.5. The van der Waals surface area contributed by atoms with Crippen LogP contribution < -0.4 is 0 Å². The van der Waals surface area contributed by atoms with E-state index in [9.17, 15) is 22.8 Å². The number of hydrogen-bond acceptors (Lipinski definition) is 4. The van der Waals surface area contributed by atoms with Gasteiger partial charge in [0.25, 0.3) is 5.91 Å². The maximum atomic E-state index is 12.7. The van der Waals surface area contributed by atoms with Gasteiger partial charge in [-0.05, 0) is 71.8 Å². The summed E-state index contributed by atoms with van der Waals surface area (Å²) in [6.45, 7) is 1.28. The molecule has 1 saturated heterocycles. The van der Waals surface area contributed by atoms with Gasteiger partial charge in [0.05, 0.1) is 18.1 Å². The maximum Gasteiger partial charge on any atom is 0.433 e. The van der Waals surface area contributed by atoms with Crippen molar-refractivity contribution in [2.45, 2.75) is 19.0 Å². The average molecular weight is 418 g/mol. The number of amides is 1. The van der Waals surface area contributed by atoms with E-state index in [1.165, 1.54) is 13.2 Å². The van der Waals surface area contributed by atoms with Crippen LogP contribution in [0.4, 0.5) is 13.2 Å². The van der Waals surface area contributed by atoms with E-state index in [0.717, 1.165) is 25.1 Å². The number of hydrogen-bond donors (Lipinski definition) is 0. The Balaban J connectivity index is 1.01. The zero-order valence-corrected chi connectivity index (χ0v) is 16.4. The number of carbonyl (C=O) groups is 2. The summed E-state index contributed by atoms with van der Waals surface area (Å²) in [7, 11) is 1.50. The lowest BCUT2D eigenvalue weighted by molar-refractivity contribution is -0.654. The molecule has 2 heterocycles. The molecule has 7 aliphatic rings. The average Bonchev–Trinajstić information content (AvgIpc) is 2.77. The molecule has 0 aromatic carbocycles. The van der Waals surface area contributed by atoms with Crippen molar-refractivity contribution in [1.82, 2.24) is 9.88 Å². The molecule has 6 saturated carbocycles. The molecule has 0 radical (unpaired) electrons. The Morgan fingerprint density at radius 3 is 2.13 bits per heavy atom. The molecule has 1 aromatic heterocycles. The molecule has 0 unspecified atom stereocenters. The smallest absolute Gasteiger partial charge is 0.433 e. The van der Waals surface area contributed by atoms with Gasteiger partial charge in [-0.1, -0.05) is 0 Å². The highest BCUT2D eigenvalue weighted by molar-refractivity contribution is 5.94. The third-order valence-electron chi connectivity index (χ3n) is 10.0. The molecule has 8 heteroatoms. The van der Waals surface area contributed by atoms with Gasteiger partial charge in [-0.3, -0.25) is 14.6 Å². The Kier molecular flexibility index (Phi) is 2.84. The lowest BCUT2D eigenvalue weighted by Gasteiger charge is -3.11. The molecule has 158 valence electrons. The van der Waals surface area contributed by atoms with Crippen molar-refractivity contribution in [3.05, 3.63) is 29.6 Å². The zero-order valence-electron chi connectivity index (χ0n) is 16.4. The maximum absolute atomic E-state index is 12.7. The van der Waals surface area contributed by atoms with Crippen molar-refractivity contribution in [1.29, 1.82) is 0 Å². The highest BCUT2D eigenvalue weighted by atomic mass is 19.4. The summed E-state index contributed by atoms with van der Waals surface area (Å²) in [5.41, 5.74) is -0.454. The van der Waals surface area contributed by atoms with E-state index in [0.29, 0.717) is 59.9 Å². The van der Waals surface area contributed by atoms with Gasteiger partial charge in [-0.15, -0.1) is 0 Å². The van der Waals surface area contributed by atoms with Gasteiger partial charge in [0.2, 0.25) is 0 Å². The van der Waals surface area contributed by atoms with Crippen LogP contribution in [-0.2, 0) is 15.7 Å². The van der Waals surface area contributed by atoms with Crippen molar-refractivity contribution < 1.29 is 27.5 Å². The standard InChI is InChI=1S/C22H21F3N2O3/c1-30-19(29)21-15-12-16(21)14-17(21)13(15)20(12,14)10-4-6-27(7-5-10)18(28)9-2-3-11(26-8-9)22(23,24)25/h2-3,8,10,12-17H,4-7H2,1H3. The van der Waals surface area contributed by atoms with Gasteiger partial charge >= 0.3 is 12.1 Å². The first-order valence-electron chi connectivity index (χ1n) is 10.7. The molecular weight excluding hydrogens is 397 g/mol. The van der Waals surface area contributed by atoms with E-state index in [-0.39, 0.29) is 22.9 Å². The van der Waals surface area contributed by atoms with Crippen LogP contribution in [0.1, 0.15) is 28.9 Å². The van der Waals surface area contributed by atoms with Crippen LogP contribution in [0.3, 0.4) is 0 Å². The van der Waals surface area contributed by atoms with Crippen molar-refractivity contribution in [2.75, 3.05) is 20.2 Å². The number of nitrogens with zero attached hydrogens (tertiary/aromatic N) is 2. The fourth-order valence-corrected chi connectivity index (χ4v) is 9.47. The normalized spacial score (nSPS) is 46.5. The molecule has 0 bridgehead atoms. The largest absolute Gasteiger partial charge is 0.469 e. The summed E-state index contributed by atoms with van der Waals surface area (Å²) in [4.78, 5) is 30.1. The molecule has 6 aliphatic carbocycles. The van der Waals surface area contributed by atoms with Crippen LogP contribution >= 0.6 is 0 Å². The van der Waals surface area contributed by atoms with E-state index in [1.54, 1.807) is 4.90 Å². The highest BCUT2D eigenvalue weighted by Gasteiger charge is 3.12.